The van der Waals surface area contributed by atoms with Crippen molar-refractivity contribution < 1.29 is 24.6 Å². The van der Waals surface area contributed by atoms with E-state index in [-0.39, 0.29) is 28.4 Å². The Kier molecular flexibility index (Phi) is 8.99. The molecule has 2 fully saturated rings. The van der Waals surface area contributed by atoms with Crippen LogP contribution in [0.3, 0.4) is 0 Å². The molecule has 1 spiro atoms. The highest BCUT2D eigenvalue weighted by atomic mass is 32.2. The topological polar surface area (TPSA) is 119 Å². The Morgan fingerprint density at radius 2 is 1.82 bits per heavy atom. The number of thioether (sulfide) groups is 1. The smallest absolute Gasteiger partial charge is 0.254 e. The fraction of sp³-hybridized carbons (Fsp3) is 0.483. The Balaban J connectivity index is 1.60. The molecule has 2 aromatic rings. The summed E-state index contributed by atoms with van der Waals surface area (Å²) >= 11 is 1.62. The SMILES string of the molecule is CCCNC(=O)[C@H]1N(C(=O)[C@@H](O)C(Cc2ccccc2)NC(=O)c2cccc(O)c2C)CSC12CCCC2. The Morgan fingerprint density at radius 1 is 1.11 bits per heavy atom. The average molecular weight is 540 g/mol. The lowest BCUT2D eigenvalue weighted by Gasteiger charge is -2.35. The van der Waals surface area contributed by atoms with Crippen LogP contribution in [-0.2, 0) is 16.0 Å². The Labute approximate surface area is 228 Å². The van der Waals surface area contributed by atoms with E-state index in [4.69, 9.17) is 0 Å². The Morgan fingerprint density at radius 3 is 2.50 bits per heavy atom. The number of aromatic hydroxyl groups is 1. The molecule has 2 aliphatic rings. The van der Waals surface area contributed by atoms with Crippen LogP contribution in [0.1, 0.15) is 60.5 Å². The van der Waals surface area contributed by atoms with Gasteiger partial charge in [-0.05, 0) is 50.3 Å². The number of amides is 3. The largest absolute Gasteiger partial charge is 0.508 e. The molecule has 204 valence electrons. The molecule has 1 aliphatic carbocycles. The molecule has 3 amide bonds. The van der Waals surface area contributed by atoms with Crippen molar-refractivity contribution in [3.8, 4) is 5.75 Å². The Bertz CT molecular complexity index is 1150. The third-order valence-electron chi connectivity index (χ3n) is 7.63. The van der Waals surface area contributed by atoms with E-state index in [1.165, 1.54) is 11.0 Å². The highest BCUT2D eigenvalue weighted by molar-refractivity contribution is 8.01. The quantitative estimate of drug-likeness (QED) is 0.389. The molecule has 4 rings (SSSR count). The zero-order valence-electron chi connectivity index (χ0n) is 22.0. The van der Waals surface area contributed by atoms with E-state index in [0.29, 0.717) is 18.0 Å². The van der Waals surface area contributed by atoms with Crippen LogP contribution in [-0.4, -0.2) is 68.2 Å². The minimum absolute atomic E-state index is 0.00855. The molecule has 8 nitrogen and oxygen atoms in total. The van der Waals surface area contributed by atoms with E-state index in [1.807, 2.05) is 37.3 Å². The third-order valence-corrected chi connectivity index (χ3v) is 9.24. The van der Waals surface area contributed by atoms with Crippen molar-refractivity contribution >= 4 is 29.5 Å². The van der Waals surface area contributed by atoms with Crippen molar-refractivity contribution in [1.29, 1.82) is 0 Å². The third kappa shape index (κ3) is 5.83. The van der Waals surface area contributed by atoms with Crippen molar-refractivity contribution in [2.75, 3.05) is 12.4 Å². The van der Waals surface area contributed by atoms with Crippen LogP contribution in [0.15, 0.2) is 48.5 Å². The molecule has 1 heterocycles. The summed E-state index contributed by atoms with van der Waals surface area (Å²) in [5.41, 5.74) is 1.52. The van der Waals surface area contributed by atoms with Crippen LogP contribution < -0.4 is 10.6 Å². The van der Waals surface area contributed by atoms with Crippen molar-refractivity contribution in [2.24, 2.45) is 0 Å². The van der Waals surface area contributed by atoms with Crippen molar-refractivity contribution in [3.05, 3.63) is 65.2 Å². The predicted molar refractivity (Wildman–Crippen MR) is 148 cm³/mol. The van der Waals surface area contributed by atoms with Crippen LogP contribution in [0.2, 0.25) is 0 Å². The van der Waals surface area contributed by atoms with Gasteiger partial charge in [0, 0.05) is 22.4 Å². The number of nitrogens with one attached hydrogen (secondary N) is 2. The van der Waals surface area contributed by atoms with Crippen molar-refractivity contribution in [1.82, 2.24) is 15.5 Å². The fourth-order valence-electron chi connectivity index (χ4n) is 5.51. The minimum Gasteiger partial charge on any atom is -0.508 e. The summed E-state index contributed by atoms with van der Waals surface area (Å²) in [6.45, 7) is 4.14. The van der Waals surface area contributed by atoms with Gasteiger partial charge in [-0.3, -0.25) is 14.4 Å². The second-order valence-corrected chi connectivity index (χ2v) is 11.6. The number of nitrogens with zero attached hydrogens (tertiary/aromatic N) is 1. The molecular formula is C29H37N3O5S. The van der Waals surface area contributed by atoms with Gasteiger partial charge in [0.1, 0.15) is 11.8 Å². The lowest BCUT2D eigenvalue weighted by atomic mass is 9.93. The normalized spacial score (nSPS) is 19.8. The molecular weight excluding hydrogens is 502 g/mol. The number of hydrogen-bond acceptors (Lipinski definition) is 6. The van der Waals surface area contributed by atoms with E-state index >= 15 is 0 Å². The summed E-state index contributed by atoms with van der Waals surface area (Å²) in [6.07, 6.45) is 3.16. The number of aliphatic hydroxyl groups is 1. The molecule has 0 radical (unpaired) electrons. The van der Waals surface area contributed by atoms with E-state index in [1.54, 1.807) is 30.8 Å². The van der Waals surface area contributed by atoms with Crippen LogP contribution in [0.5, 0.6) is 5.75 Å². The number of aliphatic hydroxyl groups excluding tert-OH is 1. The summed E-state index contributed by atoms with van der Waals surface area (Å²) < 4.78 is -0.343. The van der Waals surface area contributed by atoms with Crippen LogP contribution >= 0.6 is 11.8 Å². The average Bonchev–Trinajstić information content (AvgIpc) is 3.55. The van der Waals surface area contributed by atoms with Gasteiger partial charge in [0.05, 0.1) is 11.9 Å². The zero-order chi connectivity index (χ0) is 27.3. The van der Waals surface area contributed by atoms with Crippen molar-refractivity contribution in [3.63, 3.8) is 0 Å². The molecule has 1 saturated heterocycles. The minimum atomic E-state index is -1.56. The van der Waals surface area contributed by atoms with E-state index < -0.39 is 30.0 Å². The van der Waals surface area contributed by atoms with Gasteiger partial charge in [0.2, 0.25) is 5.91 Å². The van der Waals surface area contributed by atoms with E-state index in [2.05, 4.69) is 10.6 Å². The van der Waals surface area contributed by atoms with Gasteiger partial charge in [-0.15, -0.1) is 11.8 Å². The van der Waals surface area contributed by atoms with Gasteiger partial charge in [0.25, 0.3) is 11.8 Å². The number of benzene rings is 2. The summed E-state index contributed by atoms with van der Waals surface area (Å²) in [5.74, 6) is -0.931. The maximum Gasteiger partial charge on any atom is 0.254 e. The van der Waals surface area contributed by atoms with Crippen molar-refractivity contribution in [2.45, 2.75) is 75.3 Å². The highest BCUT2D eigenvalue weighted by Gasteiger charge is 2.55. The molecule has 9 heteroatoms. The van der Waals surface area contributed by atoms with Gasteiger partial charge in [0.15, 0.2) is 6.10 Å². The van der Waals surface area contributed by atoms with Crippen LogP contribution in [0.4, 0.5) is 0 Å². The number of phenols is 1. The molecule has 2 aromatic carbocycles. The first-order chi connectivity index (χ1) is 18.3. The maximum atomic E-state index is 13.8. The molecule has 0 aromatic heterocycles. The van der Waals surface area contributed by atoms with Gasteiger partial charge in [-0.2, -0.15) is 0 Å². The Hall–Kier alpha value is -3.04. The summed E-state index contributed by atoms with van der Waals surface area (Å²) in [6, 6.07) is 12.4. The zero-order valence-corrected chi connectivity index (χ0v) is 22.8. The fourth-order valence-corrected chi connectivity index (χ4v) is 7.15. The molecule has 3 atom stereocenters. The number of phenolic OH excluding ortho intramolecular Hbond substituents is 1. The first kappa shape index (κ1) is 28.0. The molecule has 1 unspecified atom stereocenters. The van der Waals surface area contributed by atoms with Gasteiger partial charge in [-0.25, -0.2) is 0 Å². The number of carbonyl (C=O) groups is 3. The molecule has 1 aliphatic heterocycles. The molecule has 4 N–H and O–H groups in total. The predicted octanol–water partition coefficient (Wildman–Crippen LogP) is 3.14. The lowest BCUT2D eigenvalue weighted by molar-refractivity contribution is -0.147. The van der Waals surface area contributed by atoms with E-state index in [0.717, 1.165) is 37.7 Å². The van der Waals surface area contributed by atoms with E-state index in [9.17, 15) is 24.6 Å². The second-order valence-electron chi connectivity index (χ2n) is 10.2. The first-order valence-electron chi connectivity index (χ1n) is 13.3. The van der Waals surface area contributed by atoms with Gasteiger partial charge >= 0.3 is 0 Å². The maximum absolute atomic E-state index is 13.8. The van der Waals surface area contributed by atoms with Crippen LogP contribution in [0, 0.1) is 6.92 Å². The molecule has 1 saturated carbocycles. The lowest BCUT2D eigenvalue weighted by Crippen LogP contribution is -2.59. The van der Waals surface area contributed by atoms with Gasteiger partial charge in [-0.1, -0.05) is 56.2 Å². The first-order valence-corrected chi connectivity index (χ1v) is 14.3. The number of hydrogen-bond donors (Lipinski definition) is 4. The van der Waals surface area contributed by atoms with Crippen LogP contribution in [0.25, 0.3) is 0 Å². The highest BCUT2D eigenvalue weighted by Crippen LogP contribution is 2.51. The summed E-state index contributed by atoms with van der Waals surface area (Å²) in [4.78, 5) is 41.9. The molecule has 38 heavy (non-hydrogen) atoms. The monoisotopic (exact) mass is 539 g/mol. The van der Waals surface area contributed by atoms with Gasteiger partial charge < -0.3 is 25.7 Å². The summed E-state index contributed by atoms with van der Waals surface area (Å²) in [7, 11) is 0. The number of rotatable bonds is 9. The summed E-state index contributed by atoms with van der Waals surface area (Å²) in [5, 5.41) is 27.3. The standard InChI is InChI=1S/C29H37N3O5S/c1-3-16-30-27(36)25-29(14-7-8-15-29)38-18-32(25)28(37)24(34)22(17-20-10-5-4-6-11-20)31-26(35)21-12-9-13-23(33)19(21)2/h4-6,9-13,22,24-25,33-34H,3,7-8,14-18H2,1-2H3,(H,30,36)(H,31,35)/t22?,24-,25+/m0/s1. The molecule has 0 bridgehead atoms. The second kappa shape index (κ2) is 12.2. The number of carbonyl (C=O) groups excluding carboxylic acids is 3.